The van der Waals surface area contributed by atoms with Gasteiger partial charge < -0.3 is 15.6 Å². The van der Waals surface area contributed by atoms with Gasteiger partial charge in [-0.25, -0.2) is 0 Å². The predicted molar refractivity (Wildman–Crippen MR) is 58.9 cm³/mol. The van der Waals surface area contributed by atoms with E-state index in [0.29, 0.717) is 0 Å². The van der Waals surface area contributed by atoms with E-state index in [4.69, 9.17) is 10.5 Å². The molecule has 0 unspecified atom stereocenters. The Morgan fingerprint density at radius 2 is 2.27 bits per heavy atom. The summed E-state index contributed by atoms with van der Waals surface area (Å²) in [4.78, 5) is 0. The average Bonchev–Trinajstić information content (AvgIpc) is 3.02. The Bertz CT molecular complexity index is 347. The molecule has 0 amide bonds. The highest BCUT2D eigenvalue weighted by Crippen LogP contribution is 2.39. The topological polar surface area (TPSA) is 55.5 Å². The molecule has 82 valence electrons. The van der Waals surface area contributed by atoms with E-state index >= 15 is 0 Å². The Labute approximate surface area is 89.9 Å². The van der Waals surface area contributed by atoms with Crippen molar-refractivity contribution in [3.63, 3.8) is 0 Å². The van der Waals surface area contributed by atoms with E-state index in [2.05, 4.69) is 0 Å². The third-order valence-electron chi connectivity index (χ3n) is 2.92. The standard InChI is InChI=1S/C12H17NO2/c1-15-9-4-5-12(14)10(7-9)11(13)6-8-2-3-8/h4-5,7-8,11,14H,2-3,6,13H2,1H3/t11-/m1/s1. The fraction of sp³-hybridized carbons (Fsp3) is 0.500. The summed E-state index contributed by atoms with van der Waals surface area (Å²) in [6, 6.07) is 5.12. The van der Waals surface area contributed by atoms with Crippen LogP contribution in [0.3, 0.4) is 0 Å². The van der Waals surface area contributed by atoms with Crippen LogP contribution in [0.1, 0.15) is 30.9 Å². The van der Waals surface area contributed by atoms with E-state index in [-0.39, 0.29) is 11.8 Å². The number of nitrogens with two attached hydrogens (primary N) is 1. The van der Waals surface area contributed by atoms with E-state index in [9.17, 15) is 5.11 Å². The number of phenols is 1. The van der Waals surface area contributed by atoms with Crippen molar-refractivity contribution >= 4 is 0 Å². The first-order valence-corrected chi connectivity index (χ1v) is 5.33. The summed E-state index contributed by atoms with van der Waals surface area (Å²) in [5, 5.41) is 9.70. The van der Waals surface area contributed by atoms with Gasteiger partial charge in [0.2, 0.25) is 0 Å². The molecule has 3 nitrogen and oxygen atoms in total. The predicted octanol–water partition coefficient (Wildman–Crippen LogP) is 2.20. The second-order valence-electron chi connectivity index (χ2n) is 4.21. The summed E-state index contributed by atoms with van der Waals surface area (Å²) in [5.74, 6) is 1.77. The molecule has 0 radical (unpaired) electrons. The number of ether oxygens (including phenoxy) is 1. The maximum Gasteiger partial charge on any atom is 0.120 e. The molecule has 1 saturated carbocycles. The lowest BCUT2D eigenvalue weighted by molar-refractivity contribution is 0.408. The molecule has 2 rings (SSSR count). The molecular weight excluding hydrogens is 190 g/mol. The minimum Gasteiger partial charge on any atom is -0.508 e. The Morgan fingerprint density at radius 3 is 2.87 bits per heavy atom. The Kier molecular flexibility index (Phi) is 2.82. The molecule has 1 aromatic carbocycles. The first-order valence-electron chi connectivity index (χ1n) is 5.33. The van der Waals surface area contributed by atoms with Crippen LogP contribution in [0.2, 0.25) is 0 Å². The molecule has 0 aromatic heterocycles. The fourth-order valence-corrected chi connectivity index (χ4v) is 1.80. The number of hydrogen-bond acceptors (Lipinski definition) is 3. The normalized spacial score (nSPS) is 17.5. The summed E-state index contributed by atoms with van der Waals surface area (Å²) < 4.78 is 5.11. The number of aromatic hydroxyl groups is 1. The minimum absolute atomic E-state index is 0.0763. The number of hydrogen-bond donors (Lipinski definition) is 2. The third kappa shape index (κ3) is 2.42. The zero-order valence-electron chi connectivity index (χ0n) is 8.94. The van der Waals surface area contributed by atoms with Crippen molar-refractivity contribution in [2.75, 3.05) is 7.11 Å². The van der Waals surface area contributed by atoms with Crippen LogP contribution in [0.15, 0.2) is 18.2 Å². The molecule has 0 bridgehead atoms. The van der Waals surface area contributed by atoms with Gasteiger partial charge in [-0.15, -0.1) is 0 Å². The molecule has 1 atom stereocenters. The van der Waals surface area contributed by atoms with E-state index in [1.807, 2.05) is 6.07 Å². The van der Waals surface area contributed by atoms with Crippen LogP contribution in [-0.4, -0.2) is 12.2 Å². The molecule has 15 heavy (non-hydrogen) atoms. The van der Waals surface area contributed by atoms with Crippen molar-refractivity contribution in [2.45, 2.75) is 25.3 Å². The smallest absolute Gasteiger partial charge is 0.120 e. The number of phenolic OH excluding ortho intramolecular Hbond substituents is 1. The lowest BCUT2D eigenvalue weighted by atomic mass is 10.0. The summed E-state index contributed by atoms with van der Waals surface area (Å²) >= 11 is 0. The van der Waals surface area contributed by atoms with E-state index in [1.165, 1.54) is 12.8 Å². The van der Waals surface area contributed by atoms with Crippen molar-refractivity contribution in [3.8, 4) is 11.5 Å². The fourth-order valence-electron chi connectivity index (χ4n) is 1.80. The number of benzene rings is 1. The lowest BCUT2D eigenvalue weighted by Crippen LogP contribution is -2.11. The van der Waals surface area contributed by atoms with Crippen molar-refractivity contribution in [1.82, 2.24) is 0 Å². The van der Waals surface area contributed by atoms with Crippen molar-refractivity contribution in [2.24, 2.45) is 11.7 Å². The largest absolute Gasteiger partial charge is 0.508 e. The maximum atomic E-state index is 9.70. The zero-order valence-corrected chi connectivity index (χ0v) is 8.94. The first kappa shape index (κ1) is 10.3. The van der Waals surface area contributed by atoms with Crippen molar-refractivity contribution in [3.05, 3.63) is 23.8 Å². The molecule has 3 heteroatoms. The summed E-state index contributed by atoms with van der Waals surface area (Å²) in [5.41, 5.74) is 6.84. The van der Waals surface area contributed by atoms with Crippen LogP contribution in [0.5, 0.6) is 11.5 Å². The van der Waals surface area contributed by atoms with Gasteiger partial charge >= 0.3 is 0 Å². The SMILES string of the molecule is COc1ccc(O)c([C@H](N)CC2CC2)c1. The van der Waals surface area contributed by atoms with Gasteiger partial charge in [-0.1, -0.05) is 12.8 Å². The summed E-state index contributed by atoms with van der Waals surface area (Å²) in [6.45, 7) is 0. The van der Waals surface area contributed by atoms with Gasteiger partial charge in [0.05, 0.1) is 7.11 Å². The van der Waals surface area contributed by atoms with Crippen LogP contribution >= 0.6 is 0 Å². The molecule has 0 saturated heterocycles. The number of rotatable bonds is 4. The molecule has 3 N–H and O–H groups in total. The molecule has 1 fully saturated rings. The number of methoxy groups -OCH3 is 1. The van der Waals surface area contributed by atoms with E-state index in [0.717, 1.165) is 23.7 Å². The van der Waals surface area contributed by atoms with Gasteiger partial charge in [0.1, 0.15) is 11.5 Å². The molecule has 1 aliphatic carbocycles. The minimum atomic E-state index is -0.0763. The van der Waals surface area contributed by atoms with Crippen LogP contribution in [0.4, 0.5) is 0 Å². The third-order valence-corrected chi connectivity index (χ3v) is 2.92. The van der Waals surface area contributed by atoms with Gasteiger partial charge in [-0.2, -0.15) is 0 Å². The van der Waals surface area contributed by atoms with Crippen molar-refractivity contribution < 1.29 is 9.84 Å². The van der Waals surface area contributed by atoms with Gasteiger partial charge in [0.15, 0.2) is 0 Å². The lowest BCUT2D eigenvalue weighted by Gasteiger charge is -2.14. The average molecular weight is 207 g/mol. The molecular formula is C12H17NO2. The molecule has 0 aliphatic heterocycles. The van der Waals surface area contributed by atoms with Gasteiger partial charge in [0, 0.05) is 11.6 Å². The second kappa shape index (κ2) is 4.11. The van der Waals surface area contributed by atoms with Crippen LogP contribution in [0.25, 0.3) is 0 Å². The Morgan fingerprint density at radius 1 is 1.53 bits per heavy atom. The van der Waals surface area contributed by atoms with Crippen LogP contribution in [0, 0.1) is 5.92 Å². The zero-order chi connectivity index (χ0) is 10.8. The van der Waals surface area contributed by atoms with Gasteiger partial charge in [-0.05, 0) is 30.5 Å². The molecule has 0 spiro atoms. The second-order valence-corrected chi connectivity index (χ2v) is 4.21. The quantitative estimate of drug-likeness (QED) is 0.795. The van der Waals surface area contributed by atoms with E-state index < -0.39 is 0 Å². The highest BCUT2D eigenvalue weighted by Gasteiger charge is 2.25. The van der Waals surface area contributed by atoms with Crippen LogP contribution < -0.4 is 10.5 Å². The Balaban J connectivity index is 2.16. The summed E-state index contributed by atoms with van der Waals surface area (Å²) in [7, 11) is 1.61. The van der Waals surface area contributed by atoms with Crippen LogP contribution in [-0.2, 0) is 0 Å². The maximum absolute atomic E-state index is 9.70. The highest BCUT2D eigenvalue weighted by molar-refractivity contribution is 5.41. The first-order chi connectivity index (χ1) is 7.20. The van der Waals surface area contributed by atoms with E-state index in [1.54, 1.807) is 19.2 Å². The molecule has 1 aromatic rings. The Hall–Kier alpha value is -1.22. The summed E-state index contributed by atoms with van der Waals surface area (Å²) in [6.07, 6.45) is 3.51. The molecule has 0 heterocycles. The molecule has 1 aliphatic rings. The highest BCUT2D eigenvalue weighted by atomic mass is 16.5. The van der Waals surface area contributed by atoms with Crippen molar-refractivity contribution in [1.29, 1.82) is 0 Å². The monoisotopic (exact) mass is 207 g/mol. The van der Waals surface area contributed by atoms with Gasteiger partial charge in [0.25, 0.3) is 0 Å². The van der Waals surface area contributed by atoms with Gasteiger partial charge in [-0.3, -0.25) is 0 Å².